The van der Waals surface area contributed by atoms with Crippen molar-refractivity contribution >= 4 is 29.1 Å². The van der Waals surface area contributed by atoms with Gasteiger partial charge in [0.1, 0.15) is 0 Å². The Morgan fingerprint density at radius 3 is 2.70 bits per heavy atom. The summed E-state index contributed by atoms with van der Waals surface area (Å²) in [4.78, 5) is 25.2. The molecule has 1 aromatic rings. The molecule has 0 saturated heterocycles. The van der Waals surface area contributed by atoms with Crippen LogP contribution in [0.3, 0.4) is 0 Å². The van der Waals surface area contributed by atoms with Gasteiger partial charge in [-0.3, -0.25) is 9.59 Å². The molecular weight excluding hydrogens is 278 g/mol. The van der Waals surface area contributed by atoms with Gasteiger partial charge in [-0.15, -0.1) is 6.58 Å². The second-order valence-electron chi connectivity index (χ2n) is 4.36. The van der Waals surface area contributed by atoms with Gasteiger partial charge in [0, 0.05) is 25.7 Å². The van der Waals surface area contributed by atoms with Crippen molar-refractivity contribution in [3.8, 4) is 0 Å². The SMILES string of the molecule is C=CCNCC(=O)Nc1cc(Cl)ccc1C(=O)N(C)C. The van der Waals surface area contributed by atoms with Gasteiger partial charge in [-0.2, -0.15) is 0 Å². The van der Waals surface area contributed by atoms with Crippen LogP contribution in [0.2, 0.25) is 5.02 Å². The van der Waals surface area contributed by atoms with Crippen molar-refractivity contribution in [3.05, 3.63) is 41.4 Å². The molecule has 0 radical (unpaired) electrons. The molecule has 20 heavy (non-hydrogen) atoms. The van der Waals surface area contributed by atoms with Crippen LogP contribution in [0.5, 0.6) is 0 Å². The van der Waals surface area contributed by atoms with Crippen LogP contribution in [0, 0.1) is 0 Å². The number of rotatable bonds is 6. The fourth-order valence-electron chi connectivity index (χ4n) is 1.53. The maximum Gasteiger partial charge on any atom is 0.255 e. The summed E-state index contributed by atoms with van der Waals surface area (Å²) < 4.78 is 0. The monoisotopic (exact) mass is 295 g/mol. The van der Waals surface area contributed by atoms with E-state index in [-0.39, 0.29) is 18.4 Å². The number of amides is 2. The number of anilines is 1. The average molecular weight is 296 g/mol. The molecule has 0 heterocycles. The first-order valence-electron chi connectivity index (χ1n) is 6.08. The topological polar surface area (TPSA) is 61.4 Å². The Morgan fingerprint density at radius 1 is 1.40 bits per heavy atom. The standard InChI is InChI=1S/C14H18ClN3O2/c1-4-7-16-9-13(19)17-12-8-10(15)5-6-11(12)14(20)18(2)3/h4-6,8,16H,1,7,9H2,2-3H3,(H,17,19). The largest absolute Gasteiger partial charge is 0.345 e. The van der Waals surface area contributed by atoms with E-state index in [1.807, 2.05) is 0 Å². The molecule has 5 nitrogen and oxygen atoms in total. The van der Waals surface area contributed by atoms with E-state index in [9.17, 15) is 9.59 Å². The van der Waals surface area contributed by atoms with Gasteiger partial charge in [0.15, 0.2) is 0 Å². The summed E-state index contributed by atoms with van der Waals surface area (Å²) in [6.45, 7) is 4.22. The van der Waals surface area contributed by atoms with Crippen LogP contribution in [0.25, 0.3) is 0 Å². The van der Waals surface area contributed by atoms with Crippen LogP contribution in [0.15, 0.2) is 30.9 Å². The van der Waals surface area contributed by atoms with E-state index in [1.165, 1.54) is 4.90 Å². The maximum atomic E-state index is 12.0. The van der Waals surface area contributed by atoms with Crippen LogP contribution < -0.4 is 10.6 Å². The van der Waals surface area contributed by atoms with Gasteiger partial charge in [0.05, 0.1) is 17.8 Å². The van der Waals surface area contributed by atoms with E-state index >= 15 is 0 Å². The Kier molecular flexibility index (Phi) is 6.21. The van der Waals surface area contributed by atoms with Gasteiger partial charge in [-0.1, -0.05) is 17.7 Å². The van der Waals surface area contributed by atoms with Gasteiger partial charge in [0.25, 0.3) is 5.91 Å². The Balaban J connectivity index is 2.87. The van der Waals surface area contributed by atoms with Crippen molar-refractivity contribution in [2.75, 3.05) is 32.5 Å². The first-order valence-corrected chi connectivity index (χ1v) is 6.46. The molecule has 2 amide bonds. The minimum absolute atomic E-state index is 0.133. The third-order valence-electron chi connectivity index (χ3n) is 2.47. The molecule has 0 aliphatic heterocycles. The predicted octanol–water partition coefficient (Wildman–Crippen LogP) is 1.76. The molecular formula is C14H18ClN3O2. The van der Waals surface area contributed by atoms with Gasteiger partial charge < -0.3 is 15.5 Å². The van der Waals surface area contributed by atoms with E-state index in [1.54, 1.807) is 38.4 Å². The molecule has 0 aliphatic carbocycles. The molecule has 0 aliphatic rings. The molecule has 1 aromatic carbocycles. The van der Waals surface area contributed by atoms with Crippen molar-refractivity contribution in [2.24, 2.45) is 0 Å². The van der Waals surface area contributed by atoms with Crippen molar-refractivity contribution in [3.63, 3.8) is 0 Å². The summed E-state index contributed by atoms with van der Waals surface area (Å²) in [5, 5.41) is 6.01. The Labute approximate surface area is 123 Å². The molecule has 0 spiro atoms. The summed E-state index contributed by atoms with van der Waals surface area (Å²) in [5.74, 6) is -0.446. The predicted molar refractivity (Wildman–Crippen MR) is 81.2 cm³/mol. The van der Waals surface area contributed by atoms with Crippen molar-refractivity contribution in [2.45, 2.75) is 0 Å². The highest BCUT2D eigenvalue weighted by atomic mass is 35.5. The number of nitrogens with zero attached hydrogens (tertiary/aromatic N) is 1. The summed E-state index contributed by atoms with van der Waals surface area (Å²) in [6, 6.07) is 4.77. The van der Waals surface area contributed by atoms with Crippen LogP contribution in [0.4, 0.5) is 5.69 Å². The normalized spacial score (nSPS) is 9.95. The molecule has 0 atom stereocenters. The summed E-state index contributed by atoms with van der Waals surface area (Å²) in [5.41, 5.74) is 0.804. The second-order valence-corrected chi connectivity index (χ2v) is 4.79. The Morgan fingerprint density at radius 2 is 2.10 bits per heavy atom. The van der Waals surface area contributed by atoms with Gasteiger partial charge >= 0.3 is 0 Å². The van der Waals surface area contributed by atoms with E-state index in [0.717, 1.165) is 0 Å². The minimum atomic E-state index is -0.248. The van der Waals surface area contributed by atoms with Gasteiger partial charge in [-0.05, 0) is 18.2 Å². The van der Waals surface area contributed by atoms with Crippen molar-refractivity contribution < 1.29 is 9.59 Å². The van der Waals surface area contributed by atoms with Crippen molar-refractivity contribution in [1.82, 2.24) is 10.2 Å². The zero-order valence-corrected chi connectivity index (χ0v) is 12.3. The molecule has 0 aromatic heterocycles. The lowest BCUT2D eigenvalue weighted by molar-refractivity contribution is -0.115. The lowest BCUT2D eigenvalue weighted by atomic mass is 10.1. The molecule has 0 bridgehead atoms. The lowest BCUT2D eigenvalue weighted by Gasteiger charge is -2.15. The molecule has 0 unspecified atom stereocenters. The summed E-state index contributed by atoms with van der Waals surface area (Å²) >= 11 is 5.91. The van der Waals surface area contributed by atoms with E-state index in [4.69, 9.17) is 11.6 Å². The van der Waals surface area contributed by atoms with Gasteiger partial charge in [-0.25, -0.2) is 0 Å². The van der Waals surface area contributed by atoms with E-state index in [2.05, 4.69) is 17.2 Å². The second kappa shape index (κ2) is 7.67. The first kappa shape index (κ1) is 16.2. The number of hydrogen-bond acceptors (Lipinski definition) is 3. The molecule has 108 valence electrons. The smallest absolute Gasteiger partial charge is 0.255 e. The zero-order chi connectivity index (χ0) is 15.1. The maximum absolute atomic E-state index is 12.0. The lowest BCUT2D eigenvalue weighted by Crippen LogP contribution is -2.29. The third kappa shape index (κ3) is 4.68. The van der Waals surface area contributed by atoms with Crippen molar-refractivity contribution in [1.29, 1.82) is 0 Å². The zero-order valence-electron chi connectivity index (χ0n) is 11.6. The number of hydrogen-bond donors (Lipinski definition) is 2. The fourth-order valence-corrected chi connectivity index (χ4v) is 1.70. The Hall–Kier alpha value is -1.85. The van der Waals surface area contributed by atoms with Crippen LogP contribution in [0.1, 0.15) is 10.4 Å². The highest BCUT2D eigenvalue weighted by Crippen LogP contribution is 2.22. The number of nitrogens with one attached hydrogen (secondary N) is 2. The van der Waals surface area contributed by atoms with E-state index < -0.39 is 0 Å². The number of halogens is 1. The number of benzene rings is 1. The summed E-state index contributed by atoms with van der Waals surface area (Å²) in [7, 11) is 3.29. The number of carbonyl (C=O) groups excluding carboxylic acids is 2. The minimum Gasteiger partial charge on any atom is -0.345 e. The first-order chi connectivity index (χ1) is 9.45. The number of carbonyl (C=O) groups is 2. The quantitative estimate of drug-likeness (QED) is 0.621. The molecule has 6 heteroatoms. The van der Waals surface area contributed by atoms with Crippen LogP contribution in [-0.4, -0.2) is 43.9 Å². The van der Waals surface area contributed by atoms with E-state index in [0.29, 0.717) is 22.8 Å². The molecule has 1 rings (SSSR count). The highest BCUT2D eigenvalue weighted by molar-refractivity contribution is 6.31. The summed E-state index contributed by atoms with van der Waals surface area (Å²) in [6.07, 6.45) is 1.66. The molecule has 0 fully saturated rings. The van der Waals surface area contributed by atoms with Crippen LogP contribution in [-0.2, 0) is 4.79 Å². The highest BCUT2D eigenvalue weighted by Gasteiger charge is 2.15. The Bertz CT molecular complexity index is 515. The molecule has 0 saturated carbocycles. The third-order valence-corrected chi connectivity index (χ3v) is 2.70. The average Bonchev–Trinajstić information content (AvgIpc) is 2.38. The van der Waals surface area contributed by atoms with Crippen LogP contribution >= 0.6 is 11.6 Å². The van der Waals surface area contributed by atoms with Gasteiger partial charge in [0.2, 0.25) is 5.91 Å². The fraction of sp³-hybridized carbons (Fsp3) is 0.286. The molecule has 2 N–H and O–H groups in total.